The van der Waals surface area contributed by atoms with E-state index in [0.29, 0.717) is 6.04 Å². The lowest BCUT2D eigenvalue weighted by molar-refractivity contribution is 0.405. The molecule has 0 aromatic carbocycles. The number of hydrogen-bond acceptors (Lipinski definition) is 0. The van der Waals surface area contributed by atoms with E-state index < -0.39 is 0 Å². The van der Waals surface area contributed by atoms with E-state index in [-0.39, 0.29) is 0 Å². The maximum atomic E-state index is 4.06. The highest BCUT2D eigenvalue weighted by molar-refractivity contribution is 5.17. The predicted molar refractivity (Wildman–Crippen MR) is 23.8 cm³/mol. The molecule has 3 rings (SSSR count). The van der Waals surface area contributed by atoms with Crippen molar-refractivity contribution in [1.29, 1.82) is 0 Å². The zero-order chi connectivity index (χ0) is 3.98. The lowest BCUT2D eigenvalue weighted by atomic mass is 9.85. The third kappa shape index (κ3) is 0.139. The van der Waals surface area contributed by atoms with Gasteiger partial charge in [0.15, 0.2) is 0 Å². The molecule has 6 heavy (non-hydrogen) atoms. The molecule has 0 aromatic rings. The van der Waals surface area contributed by atoms with Gasteiger partial charge in [0, 0.05) is 12.8 Å². The predicted octanol–water partition coefficient (Wildman–Crippen LogP) is 1.11. The molecule has 0 aromatic heterocycles. The van der Waals surface area contributed by atoms with Crippen molar-refractivity contribution in [1.82, 2.24) is 0 Å². The van der Waals surface area contributed by atoms with Gasteiger partial charge in [0.1, 0.15) is 5.92 Å². The van der Waals surface area contributed by atoms with Crippen LogP contribution in [0.2, 0.25) is 0 Å². The smallest absolute Gasteiger partial charge is 0.0800 e. The van der Waals surface area contributed by atoms with Crippen LogP contribution in [0.4, 0.5) is 0 Å². The van der Waals surface area contributed by atoms with E-state index in [1.807, 2.05) is 0 Å². The van der Waals surface area contributed by atoms with Gasteiger partial charge in [-0.15, -0.1) is 0 Å². The minimum absolute atomic E-state index is 0.704. The van der Waals surface area contributed by atoms with Crippen LogP contribution >= 0.6 is 0 Å². The molecule has 2 heterocycles. The number of hydrogen-bond donors (Lipinski definition) is 0. The summed E-state index contributed by atoms with van der Waals surface area (Å²) in [6.45, 7) is 0. The van der Waals surface area contributed by atoms with Crippen molar-refractivity contribution in [2.24, 2.45) is 5.92 Å². The normalized spacial score (nSPS) is 46.7. The van der Waals surface area contributed by atoms with Gasteiger partial charge in [0.2, 0.25) is 0 Å². The molecule has 30 valence electrons. The van der Waals surface area contributed by atoms with Crippen molar-refractivity contribution < 1.29 is 0 Å². The Morgan fingerprint density at radius 1 is 1.50 bits per heavy atom. The summed E-state index contributed by atoms with van der Waals surface area (Å²) in [7, 11) is 0. The first-order chi connectivity index (χ1) is 2.95. The van der Waals surface area contributed by atoms with Crippen LogP contribution in [0.15, 0.2) is 0 Å². The Morgan fingerprint density at radius 2 is 2.33 bits per heavy atom. The van der Waals surface area contributed by atoms with Crippen LogP contribution in [-0.4, -0.2) is 6.04 Å². The van der Waals surface area contributed by atoms with Crippen LogP contribution in [-0.2, 0) is 0 Å². The molecule has 1 fully saturated rings. The van der Waals surface area contributed by atoms with Crippen LogP contribution in [0.1, 0.15) is 12.8 Å². The van der Waals surface area contributed by atoms with E-state index in [1.54, 1.807) is 0 Å². The summed E-state index contributed by atoms with van der Waals surface area (Å²) in [5.74, 6) is 0.773. The Morgan fingerprint density at radius 3 is 2.50 bits per heavy atom. The summed E-state index contributed by atoms with van der Waals surface area (Å²) in [5, 5.41) is 0. The largest absolute Gasteiger partial charge is 0.277 e. The van der Waals surface area contributed by atoms with Crippen LogP contribution < -0.4 is 0 Å². The first-order valence-electron chi connectivity index (χ1n) is 2.40. The topological polar surface area (TPSA) is 4.36 Å². The minimum atomic E-state index is 0.704. The minimum Gasteiger partial charge on any atom is -0.0800 e. The highest BCUT2D eigenvalue weighted by Crippen LogP contribution is 2.34. The molecule has 1 saturated carbocycles. The second-order valence-corrected chi connectivity index (χ2v) is 2.08. The van der Waals surface area contributed by atoms with Crippen LogP contribution in [0.3, 0.4) is 0 Å². The summed E-state index contributed by atoms with van der Waals surface area (Å²) in [6.07, 6.45) is 2.61. The molecule has 0 spiro atoms. The third-order valence-electron chi connectivity index (χ3n) is 1.55. The molecular formula is C5H6N+. The van der Waals surface area contributed by atoms with Crippen LogP contribution in [0.25, 0.3) is 4.85 Å². The Kier molecular flexibility index (Phi) is 0.266. The molecule has 0 amide bonds. The second kappa shape index (κ2) is 0.607. The maximum absolute atomic E-state index is 4.06. The summed E-state index contributed by atoms with van der Waals surface area (Å²) in [6, 6.07) is 3.72. The van der Waals surface area contributed by atoms with Gasteiger partial charge in [0.05, 0.1) is 0 Å². The first kappa shape index (κ1) is 2.63. The van der Waals surface area contributed by atoms with E-state index >= 15 is 0 Å². The fourth-order valence-electron chi connectivity index (χ4n) is 1.01. The van der Waals surface area contributed by atoms with E-state index in [4.69, 9.17) is 0 Å². The Labute approximate surface area is 36.8 Å². The molecule has 0 atom stereocenters. The molecule has 0 unspecified atom stereocenters. The van der Waals surface area contributed by atoms with E-state index in [9.17, 15) is 0 Å². The fraction of sp³-hybridized carbons (Fsp3) is 0.800. The summed E-state index contributed by atoms with van der Waals surface area (Å²) in [5.41, 5.74) is 0. The second-order valence-electron chi connectivity index (χ2n) is 2.08. The molecule has 0 radical (unpaired) electrons. The Balaban J connectivity index is 2.38. The summed E-state index contributed by atoms with van der Waals surface area (Å²) in [4.78, 5) is 4.06. The molecule has 0 N–H and O–H groups in total. The molecule has 3 aliphatic rings. The van der Waals surface area contributed by atoms with E-state index in [1.165, 1.54) is 12.8 Å². The molecule has 1 aliphatic carbocycles. The van der Waals surface area contributed by atoms with Gasteiger partial charge in [-0.25, -0.2) is 0 Å². The Hall–Kier alpha value is -0.510. The van der Waals surface area contributed by atoms with Crippen LogP contribution in [0, 0.1) is 12.0 Å². The van der Waals surface area contributed by atoms with Crippen molar-refractivity contribution in [2.75, 3.05) is 0 Å². The SMILES string of the molecule is C1#[N+]C2CC1C2. The van der Waals surface area contributed by atoms with Crippen molar-refractivity contribution >= 4 is 0 Å². The standard InChI is InChI=1S/C5H6N/c1-4-2-5(1)6-3-4/h4-5H,1-2H2/q+1. The van der Waals surface area contributed by atoms with Crippen molar-refractivity contribution in [2.45, 2.75) is 18.9 Å². The van der Waals surface area contributed by atoms with Crippen molar-refractivity contribution in [3.63, 3.8) is 0 Å². The maximum Gasteiger partial charge on any atom is 0.277 e. The van der Waals surface area contributed by atoms with Gasteiger partial charge in [-0.2, -0.15) is 0 Å². The van der Waals surface area contributed by atoms with Gasteiger partial charge >= 0.3 is 0 Å². The first-order valence-corrected chi connectivity index (χ1v) is 2.40. The van der Waals surface area contributed by atoms with Crippen molar-refractivity contribution in [3.05, 3.63) is 4.85 Å². The van der Waals surface area contributed by atoms with E-state index in [2.05, 4.69) is 10.9 Å². The number of nitrogens with zero attached hydrogens (tertiary/aromatic N) is 1. The van der Waals surface area contributed by atoms with E-state index in [0.717, 1.165) is 5.92 Å². The van der Waals surface area contributed by atoms with Gasteiger partial charge in [-0.1, -0.05) is 4.85 Å². The van der Waals surface area contributed by atoms with Gasteiger partial charge in [0.25, 0.3) is 12.1 Å². The Bertz CT molecular complexity index is 111. The zero-order valence-electron chi connectivity index (χ0n) is 3.52. The van der Waals surface area contributed by atoms with Gasteiger partial charge < -0.3 is 0 Å². The molecule has 0 saturated heterocycles. The lowest BCUT2D eigenvalue weighted by Gasteiger charge is -2.07. The quantitative estimate of drug-likeness (QED) is 0.410. The average molecular weight is 80.1 g/mol. The lowest BCUT2D eigenvalue weighted by Crippen LogP contribution is -2.18. The zero-order valence-corrected chi connectivity index (χ0v) is 3.52. The monoisotopic (exact) mass is 80.0 g/mol. The van der Waals surface area contributed by atoms with Crippen molar-refractivity contribution in [3.8, 4) is 6.07 Å². The fourth-order valence-corrected chi connectivity index (χ4v) is 1.01. The molecule has 2 bridgehead atoms. The molecule has 1 nitrogen and oxygen atoms in total. The summed E-state index contributed by atoms with van der Waals surface area (Å²) >= 11 is 0. The summed E-state index contributed by atoms with van der Waals surface area (Å²) < 4.78 is 0. The van der Waals surface area contributed by atoms with Gasteiger partial charge in [-0.05, 0) is 0 Å². The molecular weight excluding hydrogens is 74.1 g/mol. The highest BCUT2D eigenvalue weighted by Gasteiger charge is 2.44. The molecule has 1 heteroatoms. The average Bonchev–Trinajstić information content (AvgIpc) is 1.72. The third-order valence-corrected chi connectivity index (χ3v) is 1.55. The van der Waals surface area contributed by atoms with Gasteiger partial charge in [-0.3, -0.25) is 0 Å². The van der Waals surface area contributed by atoms with Crippen LogP contribution in [0.5, 0.6) is 0 Å². The number of rotatable bonds is 0. The highest BCUT2D eigenvalue weighted by atomic mass is 14.8. The molecule has 2 aliphatic heterocycles.